The lowest BCUT2D eigenvalue weighted by molar-refractivity contribution is -0.126. The first-order chi connectivity index (χ1) is 18.8. The van der Waals surface area contributed by atoms with E-state index in [1.54, 1.807) is 17.4 Å². The van der Waals surface area contributed by atoms with E-state index in [0.29, 0.717) is 23.0 Å². The molecule has 4 heterocycles. The predicted octanol–water partition coefficient (Wildman–Crippen LogP) is 4.80. The van der Waals surface area contributed by atoms with E-state index in [1.807, 2.05) is 72.8 Å². The SMILES string of the molecule is O=C1C(c2ccc3ncccc3c2)=C(Nc2ccn[nH]2)NC2=C(c3ccccc3)C(c3ccccc3)NN12. The minimum atomic E-state index is -0.224. The molecular formula is C30H23N7O. The average molecular weight is 498 g/mol. The summed E-state index contributed by atoms with van der Waals surface area (Å²) in [6, 6.07) is 31.6. The van der Waals surface area contributed by atoms with Crippen molar-refractivity contribution in [1.82, 2.24) is 30.9 Å². The number of pyridine rings is 1. The third kappa shape index (κ3) is 3.71. The Balaban J connectivity index is 1.41. The van der Waals surface area contributed by atoms with E-state index >= 15 is 0 Å². The lowest BCUT2D eigenvalue weighted by atomic mass is 9.93. The van der Waals surface area contributed by atoms with E-state index in [-0.39, 0.29) is 11.9 Å². The van der Waals surface area contributed by atoms with Crippen molar-refractivity contribution in [2.45, 2.75) is 6.04 Å². The Morgan fingerprint density at radius 1 is 0.816 bits per heavy atom. The second kappa shape index (κ2) is 9.02. The summed E-state index contributed by atoms with van der Waals surface area (Å²) in [5.41, 5.74) is 8.68. The van der Waals surface area contributed by atoms with Crippen LogP contribution in [0.5, 0.6) is 0 Å². The normalized spacial score (nSPS) is 17.1. The lowest BCUT2D eigenvalue weighted by Gasteiger charge is -2.31. The Bertz CT molecular complexity index is 1710. The van der Waals surface area contributed by atoms with Crippen LogP contribution in [0.25, 0.3) is 22.0 Å². The number of H-pyrrole nitrogens is 1. The second-order valence-electron chi connectivity index (χ2n) is 9.12. The summed E-state index contributed by atoms with van der Waals surface area (Å²) in [7, 11) is 0. The number of nitrogens with one attached hydrogen (secondary N) is 4. The number of hydrazine groups is 1. The van der Waals surface area contributed by atoms with Crippen LogP contribution in [0.15, 0.2) is 121 Å². The van der Waals surface area contributed by atoms with Crippen LogP contribution in [0.2, 0.25) is 0 Å². The highest BCUT2D eigenvalue weighted by Crippen LogP contribution is 2.42. The maximum absolute atomic E-state index is 14.3. The maximum Gasteiger partial charge on any atom is 0.278 e. The lowest BCUT2D eigenvalue weighted by Crippen LogP contribution is -2.47. The molecule has 8 nitrogen and oxygen atoms in total. The van der Waals surface area contributed by atoms with Gasteiger partial charge in [0.15, 0.2) is 0 Å². The molecule has 0 saturated carbocycles. The molecule has 4 N–H and O–H groups in total. The molecule has 0 fully saturated rings. The van der Waals surface area contributed by atoms with Gasteiger partial charge in [0.25, 0.3) is 5.91 Å². The molecule has 184 valence electrons. The molecule has 2 aliphatic heterocycles. The molecule has 0 aliphatic carbocycles. The number of aromatic amines is 1. The van der Waals surface area contributed by atoms with Gasteiger partial charge < -0.3 is 10.6 Å². The third-order valence-electron chi connectivity index (χ3n) is 6.81. The predicted molar refractivity (Wildman–Crippen MR) is 147 cm³/mol. The van der Waals surface area contributed by atoms with Crippen molar-refractivity contribution in [2.75, 3.05) is 5.32 Å². The maximum atomic E-state index is 14.3. The number of hydrogen-bond acceptors (Lipinski definition) is 6. The van der Waals surface area contributed by atoms with Crippen molar-refractivity contribution in [3.8, 4) is 0 Å². The van der Waals surface area contributed by atoms with Crippen molar-refractivity contribution in [2.24, 2.45) is 0 Å². The van der Waals surface area contributed by atoms with Crippen molar-refractivity contribution in [3.63, 3.8) is 0 Å². The summed E-state index contributed by atoms with van der Waals surface area (Å²) in [5.74, 6) is 1.75. The van der Waals surface area contributed by atoms with E-state index in [0.717, 1.165) is 33.2 Å². The number of nitrogens with zero attached hydrogens (tertiary/aromatic N) is 3. The van der Waals surface area contributed by atoms with Crippen molar-refractivity contribution < 1.29 is 4.79 Å². The van der Waals surface area contributed by atoms with Gasteiger partial charge in [0.2, 0.25) is 0 Å². The van der Waals surface area contributed by atoms with Crippen molar-refractivity contribution >= 4 is 33.8 Å². The van der Waals surface area contributed by atoms with Gasteiger partial charge in [-0.1, -0.05) is 72.8 Å². The van der Waals surface area contributed by atoms with Crippen LogP contribution < -0.4 is 16.1 Å². The van der Waals surface area contributed by atoms with Crippen LogP contribution >= 0.6 is 0 Å². The fraction of sp³-hybridized carbons (Fsp3) is 0.0333. The monoisotopic (exact) mass is 497 g/mol. The van der Waals surface area contributed by atoms with Gasteiger partial charge in [0.05, 0.1) is 23.3 Å². The van der Waals surface area contributed by atoms with E-state index < -0.39 is 0 Å². The van der Waals surface area contributed by atoms with E-state index in [2.05, 4.69) is 55.5 Å². The molecule has 8 heteroatoms. The van der Waals surface area contributed by atoms with Crippen molar-refractivity contribution in [1.29, 1.82) is 0 Å². The molecule has 2 aliphatic rings. The highest BCUT2D eigenvalue weighted by Gasteiger charge is 2.42. The number of benzene rings is 3. The van der Waals surface area contributed by atoms with E-state index in [4.69, 9.17) is 0 Å². The van der Waals surface area contributed by atoms with Crippen LogP contribution in [0, 0.1) is 0 Å². The minimum absolute atomic E-state index is 0.170. The van der Waals surface area contributed by atoms with Crippen LogP contribution in [0.1, 0.15) is 22.7 Å². The molecule has 2 aromatic heterocycles. The van der Waals surface area contributed by atoms with Crippen LogP contribution in [-0.2, 0) is 4.79 Å². The third-order valence-corrected chi connectivity index (χ3v) is 6.81. The number of anilines is 1. The fourth-order valence-electron chi connectivity index (χ4n) is 5.06. The topological polar surface area (TPSA) is 98.0 Å². The molecular weight excluding hydrogens is 474 g/mol. The largest absolute Gasteiger partial charge is 0.326 e. The zero-order chi connectivity index (χ0) is 25.5. The van der Waals surface area contributed by atoms with Gasteiger partial charge in [-0.15, -0.1) is 0 Å². The summed E-state index contributed by atoms with van der Waals surface area (Å²) in [4.78, 5) is 18.7. The highest BCUT2D eigenvalue weighted by molar-refractivity contribution is 6.23. The van der Waals surface area contributed by atoms with Gasteiger partial charge >= 0.3 is 0 Å². The molecule has 0 radical (unpaired) electrons. The summed E-state index contributed by atoms with van der Waals surface area (Å²) in [6.45, 7) is 0. The molecule has 3 aromatic carbocycles. The van der Waals surface area contributed by atoms with Crippen molar-refractivity contribution in [3.05, 3.63) is 138 Å². The number of hydrogen-bond donors (Lipinski definition) is 4. The zero-order valence-corrected chi connectivity index (χ0v) is 20.2. The molecule has 0 saturated heterocycles. The van der Waals surface area contributed by atoms with E-state index in [9.17, 15) is 4.79 Å². The molecule has 0 bridgehead atoms. The van der Waals surface area contributed by atoms with Gasteiger partial charge in [0.1, 0.15) is 17.5 Å². The number of rotatable bonds is 5. The average Bonchev–Trinajstić information content (AvgIpc) is 3.62. The quantitative estimate of drug-likeness (QED) is 0.279. The molecule has 5 aromatic rings. The standard InChI is InChI=1S/C30H23N7O/c38-30-26(22-13-14-23-21(18-22)12-7-16-31-23)28(33-24-15-17-32-35-24)34-29-25(19-8-3-1-4-9-19)27(36-37(29)30)20-10-5-2-6-11-20/h1-18,27,34,36H,(H2,32,33,35). The van der Waals surface area contributed by atoms with Crippen LogP contribution in [0.4, 0.5) is 5.82 Å². The first kappa shape index (κ1) is 22.0. The smallest absolute Gasteiger partial charge is 0.278 e. The van der Waals surface area contributed by atoms with E-state index in [1.165, 1.54) is 0 Å². The molecule has 1 unspecified atom stereocenters. The number of carbonyl (C=O) groups is 1. The van der Waals surface area contributed by atoms with Gasteiger partial charge in [-0.2, -0.15) is 5.10 Å². The van der Waals surface area contributed by atoms with Crippen LogP contribution in [-0.4, -0.2) is 26.1 Å². The molecule has 0 spiro atoms. The Kier molecular flexibility index (Phi) is 5.23. The van der Waals surface area contributed by atoms with Crippen LogP contribution in [0.3, 0.4) is 0 Å². The fourth-order valence-corrected chi connectivity index (χ4v) is 5.06. The van der Waals surface area contributed by atoms with Gasteiger partial charge in [-0.3, -0.25) is 14.9 Å². The molecule has 1 atom stereocenters. The number of aromatic nitrogens is 3. The molecule has 1 amide bonds. The number of amides is 1. The highest BCUT2D eigenvalue weighted by atomic mass is 16.2. The summed E-state index contributed by atoms with van der Waals surface area (Å²) >= 11 is 0. The summed E-state index contributed by atoms with van der Waals surface area (Å²) < 4.78 is 0. The van der Waals surface area contributed by atoms with Gasteiger partial charge in [-0.25, -0.2) is 10.4 Å². The molecule has 7 rings (SSSR count). The summed E-state index contributed by atoms with van der Waals surface area (Å²) in [5, 5.41) is 16.5. The van der Waals surface area contributed by atoms with Gasteiger partial charge in [0, 0.05) is 23.2 Å². The zero-order valence-electron chi connectivity index (χ0n) is 20.2. The second-order valence-corrected chi connectivity index (χ2v) is 9.12. The van der Waals surface area contributed by atoms with Gasteiger partial charge in [-0.05, 0) is 34.9 Å². The minimum Gasteiger partial charge on any atom is -0.326 e. The Labute approximate surface area is 218 Å². The molecule has 38 heavy (non-hydrogen) atoms. The Morgan fingerprint density at radius 3 is 2.42 bits per heavy atom. The summed E-state index contributed by atoms with van der Waals surface area (Å²) in [6.07, 6.45) is 3.43. The first-order valence-corrected chi connectivity index (χ1v) is 12.3. The Hall–Kier alpha value is -5.21. The first-order valence-electron chi connectivity index (χ1n) is 12.3. The Morgan fingerprint density at radius 2 is 1.63 bits per heavy atom. The number of fused-ring (bicyclic) bond motifs is 2. The number of carbonyl (C=O) groups excluding carboxylic acids is 1.